The molecular formula is C18H20FN3O2S. The monoisotopic (exact) mass is 361 g/mol. The lowest BCUT2D eigenvalue weighted by molar-refractivity contribution is -0.122. The standard InChI is InChI=1S/C18H20FN3O2S/c1-13-3-2-4-16(11-13)24-10-9-17(23)21-22-18(25)20-12-14-5-7-15(19)8-6-14/h2-8,11H,9-10,12H2,1H3,(H,21,23)(H2,20,22,25). The molecule has 0 heterocycles. The van der Waals surface area contributed by atoms with E-state index in [1.54, 1.807) is 12.1 Å². The lowest BCUT2D eigenvalue weighted by atomic mass is 10.2. The Morgan fingerprint density at radius 3 is 2.64 bits per heavy atom. The maximum Gasteiger partial charge on any atom is 0.241 e. The van der Waals surface area contributed by atoms with Crippen molar-refractivity contribution in [1.29, 1.82) is 0 Å². The van der Waals surface area contributed by atoms with E-state index < -0.39 is 0 Å². The number of ether oxygens (including phenoxy) is 1. The van der Waals surface area contributed by atoms with Crippen LogP contribution in [0.3, 0.4) is 0 Å². The molecule has 0 atom stereocenters. The molecule has 1 amide bonds. The van der Waals surface area contributed by atoms with Crippen LogP contribution in [-0.4, -0.2) is 17.6 Å². The van der Waals surface area contributed by atoms with Gasteiger partial charge in [0.25, 0.3) is 0 Å². The Kier molecular flexibility index (Phi) is 7.16. The molecule has 0 radical (unpaired) electrons. The summed E-state index contributed by atoms with van der Waals surface area (Å²) in [6.07, 6.45) is 0.196. The fourth-order valence-corrected chi connectivity index (χ4v) is 2.11. The summed E-state index contributed by atoms with van der Waals surface area (Å²) in [5.41, 5.74) is 7.08. The van der Waals surface area contributed by atoms with Crippen molar-refractivity contribution in [3.63, 3.8) is 0 Å². The number of halogens is 1. The molecule has 0 saturated carbocycles. The van der Waals surface area contributed by atoms with Crippen LogP contribution in [0.1, 0.15) is 17.5 Å². The first-order valence-corrected chi connectivity index (χ1v) is 8.20. The quantitative estimate of drug-likeness (QED) is 0.545. The highest BCUT2D eigenvalue weighted by Crippen LogP contribution is 2.12. The highest BCUT2D eigenvalue weighted by molar-refractivity contribution is 7.80. The van der Waals surface area contributed by atoms with Gasteiger partial charge in [0.1, 0.15) is 11.6 Å². The van der Waals surface area contributed by atoms with E-state index in [0.29, 0.717) is 6.54 Å². The van der Waals surface area contributed by atoms with Gasteiger partial charge in [-0.3, -0.25) is 15.6 Å². The first-order chi connectivity index (χ1) is 12.0. The van der Waals surface area contributed by atoms with E-state index in [1.165, 1.54) is 12.1 Å². The minimum absolute atomic E-state index is 0.196. The third-order valence-electron chi connectivity index (χ3n) is 3.27. The van der Waals surface area contributed by atoms with Crippen LogP contribution in [0, 0.1) is 12.7 Å². The second-order valence-electron chi connectivity index (χ2n) is 5.40. The second kappa shape index (κ2) is 9.58. The van der Waals surface area contributed by atoms with Crippen LogP contribution in [0.15, 0.2) is 48.5 Å². The summed E-state index contributed by atoms with van der Waals surface area (Å²) in [4.78, 5) is 11.7. The molecule has 7 heteroatoms. The minimum atomic E-state index is -0.287. The van der Waals surface area contributed by atoms with Gasteiger partial charge in [-0.15, -0.1) is 0 Å². The van der Waals surface area contributed by atoms with Gasteiger partial charge in [0.15, 0.2) is 5.11 Å². The number of hydrazine groups is 1. The maximum atomic E-state index is 12.8. The van der Waals surface area contributed by atoms with E-state index in [9.17, 15) is 9.18 Å². The fourth-order valence-electron chi connectivity index (χ4n) is 1.98. The van der Waals surface area contributed by atoms with E-state index in [0.717, 1.165) is 16.9 Å². The smallest absolute Gasteiger partial charge is 0.241 e. The highest BCUT2D eigenvalue weighted by Gasteiger charge is 2.03. The molecule has 0 aliphatic heterocycles. The molecule has 0 fully saturated rings. The van der Waals surface area contributed by atoms with E-state index in [1.807, 2.05) is 31.2 Å². The predicted octanol–water partition coefficient (Wildman–Crippen LogP) is 2.60. The number of amides is 1. The van der Waals surface area contributed by atoms with Crippen LogP contribution in [0.4, 0.5) is 4.39 Å². The van der Waals surface area contributed by atoms with E-state index in [4.69, 9.17) is 17.0 Å². The first kappa shape index (κ1) is 18.7. The van der Waals surface area contributed by atoms with Crippen LogP contribution >= 0.6 is 12.2 Å². The summed E-state index contributed by atoms with van der Waals surface area (Å²) in [5, 5.41) is 3.19. The number of carbonyl (C=O) groups excluding carboxylic acids is 1. The SMILES string of the molecule is Cc1cccc(OCCC(=O)NNC(=S)NCc2ccc(F)cc2)c1. The van der Waals surface area contributed by atoms with Gasteiger partial charge < -0.3 is 10.1 Å². The average molecular weight is 361 g/mol. The molecule has 25 heavy (non-hydrogen) atoms. The normalized spacial score (nSPS) is 10.0. The number of carbonyl (C=O) groups is 1. The Morgan fingerprint density at radius 2 is 1.92 bits per heavy atom. The van der Waals surface area contributed by atoms with Crippen molar-refractivity contribution in [2.24, 2.45) is 0 Å². The summed E-state index contributed by atoms with van der Waals surface area (Å²) in [5.74, 6) is 0.209. The van der Waals surface area contributed by atoms with Crippen LogP contribution in [0.2, 0.25) is 0 Å². The molecule has 0 bridgehead atoms. The van der Waals surface area contributed by atoms with Gasteiger partial charge in [-0.1, -0.05) is 24.3 Å². The molecule has 0 aliphatic rings. The van der Waals surface area contributed by atoms with Crippen LogP contribution in [0.5, 0.6) is 5.75 Å². The minimum Gasteiger partial charge on any atom is -0.493 e. The van der Waals surface area contributed by atoms with Crippen molar-refractivity contribution >= 4 is 23.2 Å². The summed E-state index contributed by atoms with van der Waals surface area (Å²) in [6, 6.07) is 13.7. The Hall–Kier alpha value is -2.67. The predicted molar refractivity (Wildman–Crippen MR) is 98.4 cm³/mol. The molecule has 2 aromatic rings. The summed E-state index contributed by atoms with van der Waals surface area (Å²) in [6.45, 7) is 2.68. The molecule has 0 unspecified atom stereocenters. The zero-order chi connectivity index (χ0) is 18.1. The van der Waals surface area contributed by atoms with Crippen LogP contribution in [-0.2, 0) is 11.3 Å². The Morgan fingerprint density at radius 1 is 1.16 bits per heavy atom. The molecular weight excluding hydrogens is 341 g/mol. The molecule has 3 N–H and O–H groups in total. The van der Waals surface area contributed by atoms with Crippen LogP contribution < -0.4 is 20.9 Å². The van der Waals surface area contributed by atoms with Gasteiger partial charge in [-0.25, -0.2) is 4.39 Å². The zero-order valence-corrected chi connectivity index (χ0v) is 14.7. The second-order valence-corrected chi connectivity index (χ2v) is 5.81. The Balaban J connectivity index is 1.60. The van der Waals surface area contributed by atoms with Gasteiger partial charge in [-0.2, -0.15) is 0 Å². The van der Waals surface area contributed by atoms with Gasteiger partial charge in [-0.05, 0) is 54.5 Å². The lowest BCUT2D eigenvalue weighted by Gasteiger charge is -2.12. The average Bonchev–Trinajstić information content (AvgIpc) is 2.59. The molecule has 2 rings (SSSR count). The van der Waals surface area contributed by atoms with Crippen molar-refractivity contribution < 1.29 is 13.9 Å². The van der Waals surface area contributed by atoms with E-state index in [-0.39, 0.29) is 29.9 Å². The molecule has 0 aliphatic carbocycles. The van der Waals surface area contributed by atoms with Crippen molar-refractivity contribution in [2.45, 2.75) is 19.9 Å². The molecule has 0 aromatic heterocycles. The number of rotatable bonds is 6. The lowest BCUT2D eigenvalue weighted by Crippen LogP contribution is -2.46. The van der Waals surface area contributed by atoms with Crippen molar-refractivity contribution in [3.8, 4) is 5.75 Å². The molecule has 132 valence electrons. The number of hydrogen-bond acceptors (Lipinski definition) is 3. The summed E-state index contributed by atoms with van der Waals surface area (Å²) >= 11 is 5.06. The van der Waals surface area contributed by atoms with Crippen molar-refractivity contribution in [2.75, 3.05) is 6.61 Å². The van der Waals surface area contributed by atoms with Crippen molar-refractivity contribution in [1.82, 2.24) is 16.2 Å². The maximum absolute atomic E-state index is 12.8. The van der Waals surface area contributed by atoms with E-state index in [2.05, 4.69) is 16.2 Å². The van der Waals surface area contributed by atoms with Gasteiger partial charge in [0.05, 0.1) is 13.0 Å². The third kappa shape index (κ3) is 7.17. The van der Waals surface area contributed by atoms with Gasteiger partial charge >= 0.3 is 0 Å². The Bertz CT molecular complexity index is 723. The van der Waals surface area contributed by atoms with Gasteiger partial charge in [0.2, 0.25) is 5.91 Å². The molecule has 0 saturated heterocycles. The largest absolute Gasteiger partial charge is 0.493 e. The van der Waals surface area contributed by atoms with Gasteiger partial charge in [0, 0.05) is 6.54 Å². The van der Waals surface area contributed by atoms with Crippen molar-refractivity contribution in [3.05, 3.63) is 65.5 Å². The zero-order valence-electron chi connectivity index (χ0n) is 13.8. The van der Waals surface area contributed by atoms with E-state index >= 15 is 0 Å². The number of hydrogen-bond donors (Lipinski definition) is 3. The molecule has 0 spiro atoms. The first-order valence-electron chi connectivity index (χ1n) is 7.79. The Labute approximate surface area is 151 Å². The van der Waals surface area contributed by atoms with Crippen LogP contribution in [0.25, 0.3) is 0 Å². The molecule has 2 aromatic carbocycles. The summed E-state index contributed by atoms with van der Waals surface area (Å²) < 4.78 is 18.3. The number of thiocarbonyl (C=S) groups is 1. The number of benzene rings is 2. The fraction of sp³-hybridized carbons (Fsp3) is 0.222. The molecule has 5 nitrogen and oxygen atoms in total. The number of aryl methyl sites for hydroxylation is 1. The third-order valence-corrected chi connectivity index (χ3v) is 3.52. The highest BCUT2D eigenvalue weighted by atomic mass is 32.1. The number of nitrogens with one attached hydrogen (secondary N) is 3. The summed E-state index contributed by atoms with van der Waals surface area (Å²) in [7, 11) is 0. The topological polar surface area (TPSA) is 62.4 Å².